The third-order valence-corrected chi connectivity index (χ3v) is 4.08. The molecule has 0 radical (unpaired) electrons. The van der Waals surface area contributed by atoms with Crippen LogP contribution in [0.3, 0.4) is 0 Å². The summed E-state index contributed by atoms with van der Waals surface area (Å²) in [5, 5.41) is 3.57. The lowest BCUT2D eigenvalue weighted by Crippen LogP contribution is -2.49. The zero-order chi connectivity index (χ0) is 13.3. The van der Waals surface area contributed by atoms with E-state index in [-0.39, 0.29) is 5.54 Å². The Hall–Kier alpha value is -1.02. The number of aryl methyl sites for hydroxylation is 2. The van der Waals surface area contributed by atoms with Crippen LogP contribution in [0.15, 0.2) is 18.2 Å². The molecule has 1 saturated heterocycles. The van der Waals surface area contributed by atoms with Crippen LogP contribution in [0.25, 0.3) is 0 Å². The Bertz CT molecular complexity index is 423. The number of rotatable bonds is 1. The smallest absolute Gasteiger partial charge is 0.0470 e. The summed E-state index contributed by atoms with van der Waals surface area (Å²) >= 11 is 0. The van der Waals surface area contributed by atoms with Gasteiger partial charge in [-0.05, 0) is 63.4 Å². The first-order valence-electron chi connectivity index (χ1n) is 6.96. The molecule has 0 amide bonds. The number of benzene rings is 1. The van der Waals surface area contributed by atoms with Crippen LogP contribution in [0, 0.1) is 19.8 Å². The van der Waals surface area contributed by atoms with Crippen LogP contribution >= 0.6 is 0 Å². The standard InChI is InChI=1S/C16H26N2/c1-12-9-17-11-16(4,5)18(10-12)15-7-6-13(2)14(3)8-15/h6-8,12,17H,9-11H2,1-5H3. The van der Waals surface area contributed by atoms with E-state index in [1.807, 2.05) is 0 Å². The monoisotopic (exact) mass is 246 g/mol. The van der Waals surface area contributed by atoms with Crippen LogP contribution in [-0.4, -0.2) is 25.2 Å². The van der Waals surface area contributed by atoms with Crippen molar-refractivity contribution in [1.82, 2.24) is 5.32 Å². The molecular formula is C16H26N2. The summed E-state index contributed by atoms with van der Waals surface area (Å²) in [6, 6.07) is 6.83. The molecule has 1 atom stereocenters. The summed E-state index contributed by atoms with van der Waals surface area (Å²) in [5.74, 6) is 0.688. The Labute approximate surface area is 111 Å². The van der Waals surface area contributed by atoms with Crippen molar-refractivity contribution in [3.63, 3.8) is 0 Å². The van der Waals surface area contributed by atoms with Gasteiger partial charge >= 0.3 is 0 Å². The molecule has 2 nitrogen and oxygen atoms in total. The fourth-order valence-electron chi connectivity index (χ4n) is 2.69. The van der Waals surface area contributed by atoms with Gasteiger partial charge < -0.3 is 10.2 Å². The minimum absolute atomic E-state index is 0.173. The highest BCUT2D eigenvalue weighted by molar-refractivity contribution is 5.53. The second kappa shape index (κ2) is 4.93. The van der Waals surface area contributed by atoms with Gasteiger partial charge in [-0.3, -0.25) is 0 Å². The molecule has 100 valence electrons. The summed E-state index contributed by atoms with van der Waals surface area (Å²) < 4.78 is 0. The molecule has 1 N–H and O–H groups in total. The second-order valence-electron chi connectivity index (χ2n) is 6.43. The van der Waals surface area contributed by atoms with E-state index >= 15 is 0 Å². The van der Waals surface area contributed by atoms with Crippen LogP contribution in [0.5, 0.6) is 0 Å². The van der Waals surface area contributed by atoms with Crippen molar-refractivity contribution in [2.24, 2.45) is 5.92 Å². The second-order valence-corrected chi connectivity index (χ2v) is 6.43. The van der Waals surface area contributed by atoms with E-state index in [9.17, 15) is 0 Å². The number of nitrogens with one attached hydrogen (secondary N) is 1. The van der Waals surface area contributed by atoms with Crippen LogP contribution in [0.1, 0.15) is 31.9 Å². The molecule has 1 fully saturated rings. The highest BCUT2D eigenvalue weighted by Crippen LogP contribution is 2.28. The predicted octanol–water partition coefficient (Wildman–Crippen LogP) is 3.13. The highest BCUT2D eigenvalue weighted by atomic mass is 15.2. The van der Waals surface area contributed by atoms with E-state index in [0.717, 1.165) is 19.6 Å². The van der Waals surface area contributed by atoms with Gasteiger partial charge in [0, 0.05) is 24.3 Å². The van der Waals surface area contributed by atoms with Gasteiger partial charge in [0.1, 0.15) is 0 Å². The van der Waals surface area contributed by atoms with Gasteiger partial charge in [-0.15, -0.1) is 0 Å². The minimum Gasteiger partial charge on any atom is -0.365 e. The summed E-state index contributed by atoms with van der Waals surface area (Å²) in [4.78, 5) is 2.56. The fraction of sp³-hybridized carbons (Fsp3) is 0.625. The van der Waals surface area contributed by atoms with Crippen molar-refractivity contribution in [2.75, 3.05) is 24.5 Å². The third kappa shape index (κ3) is 2.69. The molecule has 1 aromatic carbocycles. The molecule has 1 aromatic rings. The van der Waals surface area contributed by atoms with Crippen molar-refractivity contribution in [3.8, 4) is 0 Å². The maximum atomic E-state index is 3.57. The number of hydrogen-bond donors (Lipinski definition) is 1. The van der Waals surface area contributed by atoms with E-state index in [1.165, 1.54) is 16.8 Å². The Morgan fingerprint density at radius 1 is 1.22 bits per heavy atom. The molecule has 0 aromatic heterocycles. The van der Waals surface area contributed by atoms with Gasteiger partial charge in [0.25, 0.3) is 0 Å². The van der Waals surface area contributed by atoms with E-state index in [1.54, 1.807) is 0 Å². The van der Waals surface area contributed by atoms with Crippen molar-refractivity contribution < 1.29 is 0 Å². The van der Waals surface area contributed by atoms with Gasteiger partial charge in [-0.1, -0.05) is 13.0 Å². The van der Waals surface area contributed by atoms with Crippen LogP contribution in [0.4, 0.5) is 5.69 Å². The molecule has 1 heterocycles. The first-order chi connectivity index (χ1) is 8.40. The van der Waals surface area contributed by atoms with Gasteiger partial charge in [-0.2, -0.15) is 0 Å². The SMILES string of the molecule is Cc1ccc(N2CC(C)CNCC2(C)C)cc1C. The Kier molecular flexibility index (Phi) is 3.67. The predicted molar refractivity (Wildman–Crippen MR) is 79.4 cm³/mol. The molecule has 0 aliphatic carbocycles. The van der Waals surface area contributed by atoms with Gasteiger partial charge in [0.05, 0.1) is 0 Å². The van der Waals surface area contributed by atoms with Crippen molar-refractivity contribution in [2.45, 2.75) is 40.2 Å². The number of hydrogen-bond acceptors (Lipinski definition) is 2. The number of anilines is 1. The summed E-state index contributed by atoms with van der Waals surface area (Å²) in [6.45, 7) is 14.6. The first kappa shape index (κ1) is 13.4. The maximum absolute atomic E-state index is 3.57. The molecule has 1 unspecified atom stereocenters. The molecule has 1 aliphatic heterocycles. The van der Waals surface area contributed by atoms with Crippen molar-refractivity contribution in [1.29, 1.82) is 0 Å². The lowest BCUT2D eigenvalue weighted by Gasteiger charge is -2.40. The van der Waals surface area contributed by atoms with Gasteiger partial charge in [-0.25, -0.2) is 0 Å². The molecule has 2 rings (SSSR count). The molecule has 0 bridgehead atoms. The molecule has 2 heteroatoms. The minimum atomic E-state index is 0.173. The Balaban J connectivity index is 2.35. The van der Waals surface area contributed by atoms with Gasteiger partial charge in [0.15, 0.2) is 0 Å². The largest absolute Gasteiger partial charge is 0.365 e. The lowest BCUT2D eigenvalue weighted by atomic mass is 9.99. The van der Waals surface area contributed by atoms with Gasteiger partial charge in [0.2, 0.25) is 0 Å². The fourth-order valence-corrected chi connectivity index (χ4v) is 2.69. The first-order valence-corrected chi connectivity index (χ1v) is 6.96. The number of nitrogens with zero attached hydrogens (tertiary/aromatic N) is 1. The maximum Gasteiger partial charge on any atom is 0.0470 e. The van der Waals surface area contributed by atoms with Crippen molar-refractivity contribution in [3.05, 3.63) is 29.3 Å². The van der Waals surface area contributed by atoms with E-state index in [0.29, 0.717) is 5.92 Å². The van der Waals surface area contributed by atoms with Crippen LogP contribution < -0.4 is 10.2 Å². The molecule has 18 heavy (non-hydrogen) atoms. The zero-order valence-electron chi connectivity index (χ0n) is 12.4. The molecule has 1 aliphatic rings. The average molecular weight is 246 g/mol. The van der Waals surface area contributed by atoms with E-state index in [2.05, 4.69) is 63.0 Å². The normalized spacial score (nSPS) is 23.8. The molecule has 0 saturated carbocycles. The van der Waals surface area contributed by atoms with Crippen LogP contribution in [-0.2, 0) is 0 Å². The summed E-state index contributed by atoms with van der Waals surface area (Å²) in [5.41, 5.74) is 4.29. The molecular weight excluding hydrogens is 220 g/mol. The van der Waals surface area contributed by atoms with E-state index < -0.39 is 0 Å². The quantitative estimate of drug-likeness (QED) is 0.819. The zero-order valence-corrected chi connectivity index (χ0v) is 12.4. The highest BCUT2D eigenvalue weighted by Gasteiger charge is 2.30. The lowest BCUT2D eigenvalue weighted by molar-refractivity contribution is 0.460. The Morgan fingerprint density at radius 2 is 1.94 bits per heavy atom. The van der Waals surface area contributed by atoms with Crippen molar-refractivity contribution >= 4 is 5.69 Å². The topological polar surface area (TPSA) is 15.3 Å². The molecule has 0 spiro atoms. The third-order valence-electron chi connectivity index (χ3n) is 4.08. The summed E-state index contributed by atoms with van der Waals surface area (Å²) in [7, 11) is 0. The van der Waals surface area contributed by atoms with Crippen LogP contribution in [0.2, 0.25) is 0 Å². The average Bonchev–Trinajstić information content (AvgIpc) is 2.41. The Morgan fingerprint density at radius 3 is 2.61 bits per heavy atom. The summed E-state index contributed by atoms with van der Waals surface area (Å²) in [6.07, 6.45) is 0. The van der Waals surface area contributed by atoms with E-state index in [4.69, 9.17) is 0 Å².